The van der Waals surface area contributed by atoms with Crippen molar-refractivity contribution in [1.82, 2.24) is 5.32 Å². The number of hydrogen-bond acceptors (Lipinski definition) is 7. The Labute approximate surface area is 199 Å². The number of benzene rings is 1. The van der Waals surface area contributed by atoms with Crippen molar-refractivity contribution >= 4 is 23.5 Å². The van der Waals surface area contributed by atoms with Crippen LogP contribution in [0.3, 0.4) is 0 Å². The topological polar surface area (TPSA) is 112 Å². The number of hydrogen-bond donors (Lipinski definition) is 2. The van der Waals surface area contributed by atoms with Crippen molar-refractivity contribution in [2.75, 3.05) is 39.8 Å². The van der Waals surface area contributed by atoms with Gasteiger partial charge in [0.15, 0.2) is 18.1 Å². The van der Waals surface area contributed by atoms with Gasteiger partial charge in [-0.3, -0.25) is 14.4 Å². The zero-order chi connectivity index (χ0) is 24.3. The predicted molar refractivity (Wildman–Crippen MR) is 124 cm³/mol. The summed E-state index contributed by atoms with van der Waals surface area (Å²) in [5.41, 5.74) is 0.178. The first-order valence-corrected chi connectivity index (χ1v) is 11.9. The molecule has 1 aromatic rings. The Hall–Kier alpha value is -2.97. The highest BCUT2D eigenvalue weighted by Gasteiger charge is 2.54. The van der Waals surface area contributed by atoms with Crippen LogP contribution in [-0.2, 0) is 19.1 Å². The van der Waals surface area contributed by atoms with Gasteiger partial charge in [0.25, 0.3) is 5.91 Å². The molecule has 0 spiro atoms. The van der Waals surface area contributed by atoms with Crippen molar-refractivity contribution in [2.24, 2.45) is 23.2 Å². The minimum Gasteiger partial charge on any atom is -0.493 e. The van der Waals surface area contributed by atoms with E-state index in [-0.39, 0.29) is 24.3 Å². The molecule has 1 aromatic carbocycles. The summed E-state index contributed by atoms with van der Waals surface area (Å²) in [4.78, 5) is 37.3. The molecular weight excluding hydrogens is 440 g/mol. The average molecular weight is 475 g/mol. The average Bonchev–Trinajstić information content (AvgIpc) is 2.81. The largest absolute Gasteiger partial charge is 0.493 e. The first-order chi connectivity index (χ1) is 16.4. The molecule has 4 saturated carbocycles. The zero-order valence-electron chi connectivity index (χ0n) is 20.1. The smallest absolute Gasteiger partial charge is 0.308 e. The van der Waals surface area contributed by atoms with Crippen molar-refractivity contribution in [2.45, 2.75) is 44.9 Å². The van der Waals surface area contributed by atoms with E-state index in [1.165, 1.54) is 40.6 Å². The van der Waals surface area contributed by atoms with Gasteiger partial charge in [0.2, 0.25) is 11.7 Å². The summed E-state index contributed by atoms with van der Waals surface area (Å²) >= 11 is 0. The molecule has 4 fully saturated rings. The van der Waals surface area contributed by atoms with E-state index in [0.717, 1.165) is 19.3 Å². The highest BCUT2D eigenvalue weighted by Crippen LogP contribution is 2.60. The molecule has 4 aliphatic carbocycles. The van der Waals surface area contributed by atoms with Gasteiger partial charge in [-0.1, -0.05) is 0 Å². The van der Waals surface area contributed by atoms with Crippen LogP contribution in [0.1, 0.15) is 44.9 Å². The molecule has 2 amide bonds. The van der Waals surface area contributed by atoms with Crippen molar-refractivity contribution in [3.05, 3.63) is 12.1 Å². The SMILES string of the molecule is COc1cc(NC(=O)COC(=O)CCNC(=O)C23CC4CC(CC(C4)C2)C3)cc(OC)c1OC. The van der Waals surface area contributed by atoms with Gasteiger partial charge in [-0.25, -0.2) is 0 Å². The molecule has 4 aliphatic rings. The lowest BCUT2D eigenvalue weighted by Gasteiger charge is -2.55. The van der Waals surface area contributed by atoms with Crippen LogP contribution in [0.4, 0.5) is 5.69 Å². The third-order valence-corrected chi connectivity index (χ3v) is 7.45. The lowest BCUT2D eigenvalue weighted by Crippen LogP contribution is -2.53. The van der Waals surface area contributed by atoms with Gasteiger partial charge in [0, 0.05) is 29.8 Å². The summed E-state index contributed by atoms with van der Waals surface area (Å²) < 4.78 is 20.9. The summed E-state index contributed by atoms with van der Waals surface area (Å²) in [6.45, 7) is -0.216. The van der Waals surface area contributed by atoms with Crippen LogP contribution >= 0.6 is 0 Å². The van der Waals surface area contributed by atoms with Gasteiger partial charge in [-0.05, 0) is 56.3 Å². The monoisotopic (exact) mass is 474 g/mol. The van der Waals surface area contributed by atoms with Crippen LogP contribution in [0.15, 0.2) is 12.1 Å². The van der Waals surface area contributed by atoms with E-state index in [9.17, 15) is 14.4 Å². The summed E-state index contributed by atoms with van der Waals surface area (Å²) in [5.74, 6) is 2.30. The minimum atomic E-state index is -0.536. The Morgan fingerprint density at radius 3 is 1.97 bits per heavy atom. The van der Waals surface area contributed by atoms with E-state index in [2.05, 4.69) is 10.6 Å². The fraction of sp³-hybridized carbons (Fsp3) is 0.640. The van der Waals surface area contributed by atoms with Gasteiger partial charge in [0.1, 0.15) is 0 Å². The molecule has 0 radical (unpaired) electrons. The van der Waals surface area contributed by atoms with Gasteiger partial charge in [-0.2, -0.15) is 0 Å². The van der Waals surface area contributed by atoms with Crippen molar-refractivity contribution in [1.29, 1.82) is 0 Å². The maximum Gasteiger partial charge on any atom is 0.308 e. The fourth-order valence-electron chi connectivity index (χ4n) is 6.42. The number of anilines is 1. The number of ether oxygens (including phenoxy) is 4. The molecule has 0 unspecified atom stereocenters. The molecule has 4 bridgehead atoms. The van der Waals surface area contributed by atoms with Crippen molar-refractivity contribution in [3.8, 4) is 17.2 Å². The van der Waals surface area contributed by atoms with Crippen LogP contribution in [0.2, 0.25) is 0 Å². The molecule has 9 heteroatoms. The number of rotatable bonds is 10. The van der Waals surface area contributed by atoms with Crippen LogP contribution < -0.4 is 24.8 Å². The summed E-state index contributed by atoms with van der Waals surface area (Å²) in [6.07, 6.45) is 6.80. The number of carbonyl (C=O) groups excluding carboxylic acids is 3. The molecule has 186 valence electrons. The van der Waals surface area contributed by atoms with Crippen LogP contribution in [0, 0.1) is 23.2 Å². The quantitative estimate of drug-likeness (QED) is 0.502. The van der Waals surface area contributed by atoms with E-state index in [1.54, 1.807) is 12.1 Å². The van der Waals surface area contributed by atoms with Crippen LogP contribution in [0.25, 0.3) is 0 Å². The van der Waals surface area contributed by atoms with Gasteiger partial charge < -0.3 is 29.6 Å². The van der Waals surface area contributed by atoms with Crippen molar-refractivity contribution in [3.63, 3.8) is 0 Å². The molecule has 0 saturated heterocycles. The van der Waals surface area contributed by atoms with E-state index < -0.39 is 18.5 Å². The second-order valence-electron chi connectivity index (χ2n) is 9.83. The molecular formula is C25H34N2O7. The second-order valence-corrected chi connectivity index (χ2v) is 9.83. The molecule has 0 aromatic heterocycles. The van der Waals surface area contributed by atoms with Gasteiger partial charge in [-0.15, -0.1) is 0 Å². The highest BCUT2D eigenvalue weighted by atomic mass is 16.5. The lowest BCUT2D eigenvalue weighted by molar-refractivity contribution is -0.148. The Bertz CT molecular complexity index is 885. The van der Waals surface area contributed by atoms with E-state index in [0.29, 0.717) is 40.7 Å². The number of esters is 1. The summed E-state index contributed by atoms with van der Waals surface area (Å²) in [6, 6.07) is 3.17. The third-order valence-electron chi connectivity index (χ3n) is 7.45. The first kappa shape index (κ1) is 24.2. The molecule has 34 heavy (non-hydrogen) atoms. The summed E-state index contributed by atoms with van der Waals surface area (Å²) in [5, 5.41) is 5.60. The lowest BCUT2D eigenvalue weighted by atomic mass is 9.49. The Morgan fingerprint density at radius 2 is 1.47 bits per heavy atom. The maximum atomic E-state index is 12.9. The number of carbonyl (C=O) groups is 3. The Kier molecular flexibility index (Phi) is 7.19. The Morgan fingerprint density at radius 1 is 0.912 bits per heavy atom. The third kappa shape index (κ3) is 5.08. The number of nitrogens with one attached hydrogen (secondary N) is 2. The standard InChI is InChI=1S/C25H34N2O7/c1-31-19-9-18(10-20(32-2)23(19)33-3)27-21(28)14-34-22(29)4-5-26-24(30)25-11-15-6-16(12-25)8-17(7-15)13-25/h9-10,15-17H,4-8,11-14H2,1-3H3,(H,26,30)(H,27,28). The molecule has 0 atom stereocenters. The molecule has 2 N–H and O–H groups in total. The zero-order valence-corrected chi connectivity index (χ0v) is 20.1. The molecule has 5 rings (SSSR count). The van der Waals surface area contributed by atoms with E-state index >= 15 is 0 Å². The minimum absolute atomic E-state index is 0.0234. The predicted octanol–water partition coefficient (Wildman–Crippen LogP) is 2.92. The normalized spacial score (nSPS) is 26.5. The number of amides is 2. The molecule has 0 aliphatic heterocycles. The molecule has 9 nitrogen and oxygen atoms in total. The van der Waals surface area contributed by atoms with Gasteiger partial charge >= 0.3 is 5.97 Å². The molecule has 0 heterocycles. The Balaban J connectivity index is 1.20. The van der Waals surface area contributed by atoms with Crippen molar-refractivity contribution < 1.29 is 33.3 Å². The fourth-order valence-corrected chi connectivity index (χ4v) is 6.42. The van der Waals surface area contributed by atoms with E-state index in [1.807, 2.05) is 0 Å². The van der Waals surface area contributed by atoms with Crippen LogP contribution in [-0.4, -0.2) is 52.3 Å². The summed E-state index contributed by atoms with van der Waals surface area (Å²) in [7, 11) is 4.45. The number of methoxy groups -OCH3 is 3. The first-order valence-electron chi connectivity index (χ1n) is 11.9. The van der Waals surface area contributed by atoms with Gasteiger partial charge in [0.05, 0.1) is 27.8 Å². The van der Waals surface area contributed by atoms with E-state index in [4.69, 9.17) is 18.9 Å². The van der Waals surface area contributed by atoms with Crippen LogP contribution in [0.5, 0.6) is 17.2 Å². The highest BCUT2D eigenvalue weighted by molar-refractivity contribution is 5.93. The second kappa shape index (κ2) is 10.1. The maximum absolute atomic E-state index is 12.9.